The van der Waals surface area contributed by atoms with Crippen molar-refractivity contribution in [2.75, 3.05) is 26.2 Å². The molecule has 0 saturated carbocycles. The van der Waals surface area contributed by atoms with Gasteiger partial charge >= 0.3 is 12.7 Å². The summed E-state index contributed by atoms with van der Waals surface area (Å²) in [4.78, 5) is 2.04. The standard InChI is InChI=1S/C19H18F6N2O2.2ClH/c20-18(21,22)28-15-6-4-13(5-7-15)17(27-10-8-26-9-11-27)14-2-1-3-16(12-14)29-19(23,24)25;;/h1-7,12,17,26H,8-11H2;2*1H/t17-;;/m1../s1. The third-order valence-corrected chi connectivity index (χ3v) is 4.35. The Kier molecular flexibility index (Phi) is 9.74. The van der Waals surface area contributed by atoms with E-state index < -0.39 is 18.8 Å². The van der Waals surface area contributed by atoms with Crippen molar-refractivity contribution in [1.29, 1.82) is 0 Å². The van der Waals surface area contributed by atoms with Crippen molar-refractivity contribution in [3.05, 3.63) is 59.7 Å². The number of piperazine rings is 1. The van der Waals surface area contributed by atoms with Crippen LogP contribution in [0.3, 0.4) is 0 Å². The Morgan fingerprint density at radius 2 is 1.29 bits per heavy atom. The van der Waals surface area contributed by atoms with Crippen LogP contribution in [0.4, 0.5) is 26.3 Å². The van der Waals surface area contributed by atoms with Crippen LogP contribution in [0.5, 0.6) is 11.5 Å². The molecule has 1 heterocycles. The van der Waals surface area contributed by atoms with E-state index >= 15 is 0 Å². The molecular weight excluding hydrogens is 473 g/mol. The summed E-state index contributed by atoms with van der Waals surface area (Å²) in [7, 11) is 0. The highest BCUT2D eigenvalue weighted by molar-refractivity contribution is 5.85. The van der Waals surface area contributed by atoms with Crippen LogP contribution in [0.15, 0.2) is 48.5 Å². The lowest BCUT2D eigenvalue weighted by atomic mass is 9.96. The maximum Gasteiger partial charge on any atom is 0.573 e. The summed E-state index contributed by atoms with van der Waals surface area (Å²) in [5.74, 6) is -0.721. The highest BCUT2D eigenvalue weighted by Gasteiger charge is 2.33. The third kappa shape index (κ3) is 8.29. The van der Waals surface area contributed by atoms with E-state index in [2.05, 4.69) is 14.8 Å². The summed E-state index contributed by atoms with van der Waals surface area (Å²) in [5, 5.41) is 3.19. The Hall–Kier alpha value is -1.88. The number of nitrogens with one attached hydrogen (secondary N) is 1. The Morgan fingerprint density at radius 3 is 1.84 bits per heavy atom. The minimum Gasteiger partial charge on any atom is -0.406 e. The van der Waals surface area contributed by atoms with Crippen LogP contribution in [0, 0.1) is 0 Å². The first-order valence-corrected chi connectivity index (χ1v) is 8.77. The van der Waals surface area contributed by atoms with Gasteiger partial charge in [-0.15, -0.1) is 51.2 Å². The summed E-state index contributed by atoms with van der Waals surface area (Å²) in [6, 6.07) is 10.5. The summed E-state index contributed by atoms with van der Waals surface area (Å²) in [5.41, 5.74) is 1.17. The molecule has 12 heteroatoms. The van der Waals surface area contributed by atoms with Gasteiger partial charge < -0.3 is 14.8 Å². The zero-order valence-electron chi connectivity index (χ0n) is 15.9. The minimum atomic E-state index is -4.82. The molecule has 1 atom stereocenters. The van der Waals surface area contributed by atoms with E-state index in [-0.39, 0.29) is 36.3 Å². The van der Waals surface area contributed by atoms with Gasteiger partial charge in [0.1, 0.15) is 11.5 Å². The first-order valence-electron chi connectivity index (χ1n) is 8.77. The third-order valence-electron chi connectivity index (χ3n) is 4.35. The fourth-order valence-electron chi connectivity index (χ4n) is 3.29. The lowest BCUT2D eigenvalue weighted by Crippen LogP contribution is -2.45. The zero-order chi connectivity index (χ0) is 21.1. The highest BCUT2D eigenvalue weighted by Crippen LogP contribution is 2.34. The van der Waals surface area contributed by atoms with E-state index in [1.807, 2.05) is 4.90 Å². The van der Waals surface area contributed by atoms with Crippen molar-refractivity contribution in [3.8, 4) is 11.5 Å². The SMILES string of the molecule is Cl.Cl.FC(F)(F)Oc1ccc([C@H](c2cccc(OC(F)(F)F)c2)N2CCNCC2)cc1. The lowest BCUT2D eigenvalue weighted by Gasteiger charge is -2.35. The van der Waals surface area contributed by atoms with Gasteiger partial charge in [-0.25, -0.2) is 0 Å². The molecule has 174 valence electrons. The summed E-state index contributed by atoms with van der Waals surface area (Å²) in [6.45, 7) is 2.61. The molecule has 4 nitrogen and oxygen atoms in total. The van der Waals surface area contributed by atoms with Gasteiger partial charge in [0.15, 0.2) is 0 Å². The second-order valence-corrected chi connectivity index (χ2v) is 6.43. The van der Waals surface area contributed by atoms with Crippen LogP contribution >= 0.6 is 24.8 Å². The number of ether oxygens (including phenoxy) is 2. The molecular formula is C19H20Cl2F6N2O2. The zero-order valence-corrected chi connectivity index (χ0v) is 17.5. The second kappa shape index (κ2) is 11.1. The molecule has 1 aliphatic rings. The van der Waals surface area contributed by atoms with Crippen molar-refractivity contribution in [1.82, 2.24) is 10.2 Å². The van der Waals surface area contributed by atoms with Gasteiger partial charge in [0, 0.05) is 26.2 Å². The van der Waals surface area contributed by atoms with Gasteiger partial charge in [-0.2, -0.15) is 0 Å². The van der Waals surface area contributed by atoms with E-state index in [1.165, 1.54) is 42.5 Å². The molecule has 0 bridgehead atoms. The van der Waals surface area contributed by atoms with Gasteiger partial charge in [0.25, 0.3) is 0 Å². The summed E-state index contributed by atoms with van der Waals surface area (Å²) >= 11 is 0. The summed E-state index contributed by atoms with van der Waals surface area (Å²) in [6.07, 6.45) is -9.62. The molecule has 0 aromatic heterocycles. The smallest absolute Gasteiger partial charge is 0.406 e. The van der Waals surface area contributed by atoms with E-state index in [0.717, 1.165) is 0 Å². The number of hydrogen-bond acceptors (Lipinski definition) is 4. The van der Waals surface area contributed by atoms with E-state index in [9.17, 15) is 26.3 Å². The number of nitrogens with zero attached hydrogens (tertiary/aromatic N) is 1. The van der Waals surface area contributed by atoms with E-state index in [1.54, 1.807) is 6.07 Å². The van der Waals surface area contributed by atoms with Crippen LogP contribution in [0.1, 0.15) is 17.2 Å². The maximum atomic E-state index is 12.6. The number of halogens is 8. The van der Waals surface area contributed by atoms with Crippen molar-refractivity contribution in [2.45, 2.75) is 18.8 Å². The van der Waals surface area contributed by atoms with Gasteiger partial charge in [-0.05, 0) is 35.4 Å². The average molecular weight is 493 g/mol. The highest BCUT2D eigenvalue weighted by atomic mass is 35.5. The Balaban J connectivity index is 0.00000240. The van der Waals surface area contributed by atoms with Crippen molar-refractivity contribution in [2.24, 2.45) is 0 Å². The molecule has 1 fully saturated rings. The van der Waals surface area contributed by atoms with Crippen LogP contribution < -0.4 is 14.8 Å². The quantitative estimate of drug-likeness (QED) is 0.572. The lowest BCUT2D eigenvalue weighted by molar-refractivity contribution is -0.275. The molecule has 0 spiro atoms. The largest absolute Gasteiger partial charge is 0.573 e. The molecule has 2 aromatic rings. The minimum absolute atomic E-state index is 0. The molecule has 1 aliphatic heterocycles. The second-order valence-electron chi connectivity index (χ2n) is 6.43. The normalized spacial score (nSPS) is 15.9. The molecule has 3 rings (SSSR count). The molecule has 0 radical (unpaired) electrons. The van der Waals surface area contributed by atoms with E-state index in [0.29, 0.717) is 37.3 Å². The van der Waals surface area contributed by atoms with Crippen molar-refractivity contribution >= 4 is 24.8 Å². The molecule has 0 amide bonds. The summed E-state index contributed by atoms with van der Waals surface area (Å²) < 4.78 is 82.8. The fraction of sp³-hybridized carbons (Fsp3) is 0.368. The van der Waals surface area contributed by atoms with Crippen molar-refractivity contribution in [3.63, 3.8) is 0 Å². The molecule has 0 aliphatic carbocycles. The predicted molar refractivity (Wildman–Crippen MR) is 107 cm³/mol. The average Bonchev–Trinajstić information content (AvgIpc) is 2.62. The first kappa shape index (κ1) is 27.2. The number of rotatable bonds is 5. The molecule has 1 saturated heterocycles. The Bertz CT molecular complexity index is 812. The van der Waals surface area contributed by atoms with Gasteiger partial charge in [-0.1, -0.05) is 24.3 Å². The fourth-order valence-corrected chi connectivity index (χ4v) is 3.29. The maximum absolute atomic E-state index is 12.6. The predicted octanol–water partition coefficient (Wildman–Crippen LogP) is 5.32. The van der Waals surface area contributed by atoms with Crippen LogP contribution in [-0.2, 0) is 0 Å². The van der Waals surface area contributed by atoms with Crippen LogP contribution in [0.2, 0.25) is 0 Å². The topological polar surface area (TPSA) is 33.7 Å². The number of alkyl halides is 6. The number of hydrogen-bond donors (Lipinski definition) is 1. The Labute approximate surface area is 187 Å². The molecule has 1 N–H and O–H groups in total. The molecule has 0 unspecified atom stereocenters. The van der Waals surface area contributed by atoms with Gasteiger partial charge in [-0.3, -0.25) is 4.90 Å². The van der Waals surface area contributed by atoms with Crippen molar-refractivity contribution < 1.29 is 35.8 Å². The van der Waals surface area contributed by atoms with E-state index in [4.69, 9.17) is 0 Å². The molecule has 31 heavy (non-hydrogen) atoms. The Morgan fingerprint density at radius 1 is 0.742 bits per heavy atom. The number of benzene rings is 2. The van der Waals surface area contributed by atoms with Crippen LogP contribution in [-0.4, -0.2) is 43.8 Å². The molecule has 2 aromatic carbocycles. The van der Waals surface area contributed by atoms with Gasteiger partial charge in [0.2, 0.25) is 0 Å². The first-order chi connectivity index (χ1) is 13.6. The monoisotopic (exact) mass is 492 g/mol. The van der Waals surface area contributed by atoms with Gasteiger partial charge in [0.05, 0.1) is 6.04 Å². The van der Waals surface area contributed by atoms with Crippen LogP contribution in [0.25, 0.3) is 0 Å².